The fourth-order valence-electron chi connectivity index (χ4n) is 2.28. The largest absolute Gasteiger partial charge is 0.309 e. The van der Waals surface area contributed by atoms with Crippen molar-refractivity contribution in [3.63, 3.8) is 0 Å². The second kappa shape index (κ2) is 6.13. The Labute approximate surface area is 117 Å². The molecule has 0 aliphatic heterocycles. The maximum absolute atomic E-state index is 14.0. The van der Waals surface area contributed by atoms with Gasteiger partial charge in [-0.1, -0.05) is 6.92 Å². The van der Waals surface area contributed by atoms with Gasteiger partial charge in [-0.3, -0.25) is 4.68 Å². The molecule has 5 heteroatoms. The summed E-state index contributed by atoms with van der Waals surface area (Å²) in [6, 6.07) is 2.15. The molecule has 0 amide bonds. The number of hydrogen-bond acceptors (Lipinski definition) is 2. The fourth-order valence-corrected chi connectivity index (χ4v) is 2.28. The Morgan fingerprint density at radius 2 is 2.05 bits per heavy atom. The Morgan fingerprint density at radius 1 is 1.30 bits per heavy atom. The zero-order chi connectivity index (χ0) is 14.7. The second-order valence-electron chi connectivity index (χ2n) is 4.88. The van der Waals surface area contributed by atoms with E-state index in [2.05, 4.69) is 17.3 Å². The van der Waals surface area contributed by atoms with Gasteiger partial charge in [-0.05, 0) is 32.0 Å². The van der Waals surface area contributed by atoms with Gasteiger partial charge in [0.2, 0.25) is 0 Å². The summed E-state index contributed by atoms with van der Waals surface area (Å²) < 4.78 is 29.2. The number of rotatable bonds is 5. The Balaban J connectivity index is 2.38. The third kappa shape index (κ3) is 2.88. The number of benzene rings is 1. The molecule has 1 atom stereocenters. The van der Waals surface area contributed by atoms with Crippen molar-refractivity contribution in [1.29, 1.82) is 0 Å². The molecule has 2 rings (SSSR count). The highest BCUT2D eigenvalue weighted by molar-refractivity contribution is 5.34. The molecule has 0 radical (unpaired) electrons. The van der Waals surface area contributed by atoms with Gasteiger partial charge in [0.1, 0.15) is 11.6 Å². The quantitative estimate of drug-likeness (QED) is 0.911. The van der Waals surface area contributed by atoms with Crippen LogP contribution in [0.25, 0.3) is 0 Å². The first-order valence-corrected chi connectivity index (χ1v) is 6.72. The Hall–Kier alpha value is -1.75. The van der Waals surface area contributed by atoms with Crippen LogP contribution in [-0.4, -0.2) is 16.8 Å². The zero-order valence-corrected chi connectivity index (χ0v) is 12.0. The van der Waals surface area contributed by atoms with Crippen molar-refractivity contribution in [1.82, 2.24) is 15.1 Å². The first-order valence-electron chi connectivity index (χ1n) is 6.72. The summed E-state index contributed by atoms with van der Waals surface area (Å²) in [5.74, 6) is -1.07. The van der Waals surface area contributed by atoms with Gasteiger partial charge in [0.15, 0.2) is 0 Å². The first kappa shape index (κ1) is 14.7. The van der Waals surface area contributed by atoms with Crippen LogP contribution in [0, 0.1) is 18.6 Å². The van der Waals surface area contributed by atoms with Gasteiger partial charge < -0.3 is 5.32 Å². The summed E-state index contributed by atoms with van der Waals surface area (Å²) in [5.41, 5.74) is 1.73. The summed E-state index contributed by atoms with van der Waals surface area (Å²) in [6.07, 6.45) is 4.59. The van der Waals surface area contributed by atoms with Crippen LogP contribution in [0.4, 0.5) is 8.78 Å². The number of hydrogen-bond donors (Lipinski definition) is 1. The lowest BCUT2D eigenvalue weighted by Crippen LogP contribution is -2.19. The standard InChI is InChI=1S/C15H19F2N3/c1-4-5-20-9-11(8-19-20)15(18-3)12-6-10(2)13(16)7-14(12)17/h6-9,15,18H,4-5H2,1-3H3. The van der Waals surface area contributed by atoms with Crippen LogP contribution in [0.5, 0.6) is 0 Å². The van der Waals surface area contributed by atoms with Gasteiger partial charge in [0.25, 0.3) is 0 Å². The molecular weight excluding hydrogens is 260 g/mol. The lowest BCUT2D eigenvalue weighted by atomic mass is 9.99. The molecular formula is C15H19F2N3. The fraction of sp³-hybridized carbons (Fsp3) is 0.400. The van der Waals surface area contributed by atoms with E-state index in [0.29, 0.717) is 11.1 Å². The highest BCUT2D eigenvalue weighted by Crippen LogP contribution is 2.26. The van der Waals surface area contributed by atoms with E-state index in [0.717, 1.165) is 24.6 Å². The Bertz CT molecular complexity index is 593. The van der Waals surface area contributed by atoms with E-state index in [1.165, 1.54) is 0 Å². The van der Waals surface area contributed by atoms with Gasteiger partial charge in [-0.15, -0.1) is 0 Å². The van der Waals surface area contributed by atoms with Crippen LogP contribution < -0.4 is 5.32 Å². The molecule has 20 heavy (non-hydrogen) atoms. The third-order valence-electron chi connectivity index (χ3n) is 3.32. The van der Waals surface area contributed by atoms with Crippen LogP contribution in [0.3, 0.4) is 0 Å². The molecule has 1 aromatic carbocycles. The predicted octanol–water partition coefficient (Wildman–Crippen LogP) is 3.19. The molecule has 108 valence electrons. The van der Waals surface area contributed by atoms with E-state index in [-0.39, 0.29) is 6.04 Å². The van der Waals surface area contributed by atoms with Crippen LogP contribution in [0.15, 0.2) is 24.5 Å². The van der Waals surface area contributed by atoms with Crippen LogP contribution in [0.2, 0.25) is 0 Å². The molecule has 1 N–H and O–H groups in total. The molecule has 1 unspecified atom stereocenters. The van der Waals surface area contributed by atoms with Crippen LogP contribution in [0.1, 0.15) is 36.1 Å². The van der Waals surface area contributed by atoms with Gasteiger partial charge in [-0.2, -0.15) is 5.10 Å². The van der Waals surface area contributed by atoms with Crippen LogP contribution in [-0.2, 0) is 6.54 Å². The lowest BCUT2D eigenvalue weighted by molar-refractivity contribution is 0.547. The molecule has 0 fully saturated rings. The molecule has 0 aliphatic rings. The zero-order valence-electron chi connectivity index (χ0n) is 12.0. The monoisotopic (exact) mass is 279 g/mol. The molecule has 2 aromatic rings. The van der Waals surface area contributed by atoms with Crippen molar-refractivity contribution < 1.29 is 8.78 Å². The van der Waals surface area contributed by atoms with E-state index >= 15 is 0 Å². The first-order chi connectivity index (χ1) is 9.56. The molecule has 0 bridgehead atoms. The average molecular weight is 279 g/mol. The van der Waals surface area contributed by atoms with Crippen molar-refractivity contribution in [3.8, 4) is 0 Å². The van der Waals surface area contributed by atoms with Gasteiger partial charge >= 0.3 is 0 Å². The minimum absolute atomic E-state index is 0.333. The molecule has 0 aliphatic carbocycles. The number of aryl methyl sites for hydroxylation is 2. The maximum Gasteiger partial charge on any atom is 0.131 e. The normalized spacial score (nSPS) is 12.7. The number of aromatic nitrogens is 2. The average Bonchev–Trinajstić information content (AvgIpc) is 2.85. The molecule has 0 spiro atoms. The van der Waals surface area contributed by atoms with Gasteiger partial charge in [-0.25, -0.2) is 8.78 Å². The SMILES string of the molecule is CCCn1cc(C(NC)c2cc(C)c(F)cc2F)cn1. The summed E-state index contributed by atoms with van der Waals surface area (Å²) in [4.78, 5) is 0. The van der Waals surface area contributed by atoms with E-state index < -0.39 is 11.6 Å². The molecule has 1 heterocycles. The number of nitrogens with one attached hydrogen (secondary N) is 1. The molecule has 3 nitrogen and oxygen atoms in total. The molecule has 1 aromatic heterocycles. The van der Waals surface area contributed by atoms with Crippen LogP contribution >= 0.6 is 0 Å². The topological polar surface area (TPSA) is 29.9 Å². The highest BCUT2D eigenvalue weighted by Gasteiger charge is 2.19. The Kier molecular flexibility index (Phi) is 4.49. The van der Waals surface area contributed by atoms with Gasteiger partial charge in [0.05, 0.1) is 12.2 Å². The van der Waals surface area contributed by atoms with Crippen molar-refractivity contribution >= 4 is 0 Å². The van der Waals surface area contributed by atoms with E-state index in [4.69, 9.17) is 0 Å². The van der Waals surface area contributed by atoms with Crippen molar-refractivity contribution in [2.45, 2.75) is 32.9 Å². The molecule has 0 saturated carbocycles. The smallest absolute Gasteiger partial charge is 0.131 e. The van der Waals surface area contributed by atoms with E-state index in [1.54, 1.807) is 26.2 Å². The molecule has 0 saturated heterocycles. The summed E-state index contributed by atoms with van der Waals surface area (Å²) in [6.45, 7) is 4.52. The van der Waals surface area contributed by atoms with Crippen molar-refractivity contribution in [2.24, 2.45) is 0 Å². The number of halogens is 2. The summed E-state index contributed by atoms with van der Waals surface area (Å²) in [7, 11) is 1.75. The maximum atomic E-state index is 14.0. The minimum atomic E-state index is -0.546. The summed E-state index contributed by atoms with van der Waals surface area (Å²) in [5, 5.41) is 7.31. The predicted molar refractivity (Wildman–Crippen MR) is 74.5 cm³/mol. The number of nitrogens with zero attached hydrogens (tertiary/aromatic N) is 2. The second-order valence-corrected chi connectivity index (χ2v) is 4.88. The van der Waals surface area contributed by atoms with Gasteiger partial charge in [0, 0.05) is 29.9 Å². The van der Waals surface area contributed by atoms with Crippen molar-refractivity contribution in [3.05, 3.63) is 52.9 Å². The van der Waals surface area contributed by atoms with E-state index in [9.17, 15) is 8.78 Å². The lowest BCUT2D eigenvalue weighted by Gasteiger charge is -2.16. The minimum Gasteiger partial charge on any atom is -0.309 e. The highest BCUT2D eigenvalue weighted by atomic mass is 19.1. The van der Waals surface area contributed by atoms with Crippen molar-refractivity contribution in [2.75, 3.05) is 7.05 Å². The summed E-state index contributed by atoms with van der Waals surface area (Å²) >= 11 is 0. The van der Waals surface area contributed by atoms with E-state index in [1.807, 2.05) is 10.9 Å². The Morgan fingerprint density at radius 3 is 2.70 bits per heavy atom. The third-order valence-corrected chi connectivity index (χ3v) is 3.32.